The number of hydrogen-bond acceptors (Lipinski definition) is 8. The predicted molar refractivity (Wildman–Crippen MR) is 127 cm³/mol. The second kappa shape index (κ2) is 9.75. The summed E-state index contributed by atoms with van der Waals surface area (Å²) in [5.41, 5.74) is 3.35. The molecular formula is C25H27ClFN3O6. The minimum absolute atomic E-state index is 0.0335. The molecule has 5 atom stereocenters. The van der Waals surface area contributed by atoms with Crippen LogP contribution in [0.4, 0.5) is 4.39 Å². The Balaban J connectivity index is 1.18. The van der Waals surface area contributed by atoms with E-state index in [9.17, 15) is 5.11 Å². The average molecular weight is 520 g/mol. The number of pyridine rings is 1. The molecule has 6 rings (SSSR count). The van der Waals surface area contributed by atoms with E-state index in [2.05, 4.69) is 15.0 Å². The topological polar surface area (TPSA) is 119 Å². The molecule has 0 saturated carbocycles. The van der Waals surface area contributed by atoms with Gasteiger partial charge in [0.1, 0.15) is 29.9 Å². The number of fused-ring (bicyclic) bond motifs is 3. The van der Waals surface area contributed by atoms with E-state index in [4.69, 9.17) is 35.7 Å². The van der Waals surface area contributed by atoms with Crippen molar-refractivity contribution in [3.63, 3.8) is 0 Å². The van der Waals surface area contributed by atoms with Crippen LogP contribution in [-0.4, -0.2) is 76.0 Å². The largest absolute Gasteiger partial charge is 0.493 e. The summed E-state index contributed by atoms with van der Waals surface area (Å²) in [5.74, 6) is 0.138. The zero-order valence-electron chi connectivity index (χ0n) is 19.5. The molecule has 2 aliphatic heterocycles. The molecule has 1 aliphatic carbocycles. The molecular weight excluding hydrogens is 493 g/mol. The SMILES string of the molecule is OCCCOc1cc(F)c2c(c1)CCC2Cc1nc2nc(O[C@@H]3CO[C@H]4[C@@H]3OC[C@H]4O)[nH]c2cc1Cl. The third-order valence-electron chi connectivity index (χ3n) is 7.09. The summed E-state index contributed by atoms with van der Waals surface area (Å²) in [5, 5.41) is 19.3. The maximum Gasteiger partial charge on any atom is 0.296 e. The molecule has 0 spiro atoms. The highest BCUT2D eigenvalue weighted by Crippen LogP contribution is 2.40. The van der Waals surface area contributed by atoms with Gasteiger partial charge < -0.3 is 34.1 Å². The van der Waals surface area contributed by atoms with E-state index < -0.39 is 18.3 Å². The van der Waals surface area contributed by atoms with Gasteiger partial charge in [-0.15, -0.1) is 0 Å². The number of H-pyrrole nitrogens is 1. The lowest BCUT2D eigenvalue weighted by atomic mass is 9.95. The highest BCUT2D eigenvalue weighted by Gasteiger charge is 2.48. The lowest BCUT2D eigenvalue weighted by Crippen LogP contribution is -2.34. The highest BCUT2D eigenvalue weighted by molar-refractivity contribution is 6.31. The van der Waals surface area contributed by atoms with Crippen molar-refractivity contribution in [2.45, 2.75) is 56.0 Å². The number of nitrogens with one attached hydrogen (secondary N) is 1. The van der Waals surface area contributed by atoms with Gasteiger partial charge in [0, 0.05) is 19.1 Å². The number of benzene rings is 1. The quantitative estimate of drug-likeness (QED) is 0.389. The van der Waals surface area contributed by atoms with Crippen LogP contribution in [0.2, 0.25) is 5.02 Å². The molecule has 11 heteroatoms. The van der Waals surface area contributed by atoms with Crippen LogP contribution < -0.4 is 9.47 Å². The highest BCUT2D eigenvalue weighted by atomic mass is 35.5. The summed E-state index contributed by atoms with van der Waals surface area (Å²) in [4.78, 5) is 12.2. The number of aromatic nitrogens is 3. The molecule has 4 heterocycles. The number of halogens is 2. The first-order valence-electron chi connectivity index (χ1n) is 12.2. The molecule has 3 aliphatic rings. The maximum absolute atomic E-state index is 15.0. The number of aliphatic hydroxyl groups excluding tert-OH is 2. The van der Waals surface area contributed by atoms with Gasteiger partial charge in [-0.2, -0.15) is 4.98 Å². The van der Waals surface area contributed by atoms with Crippen molar-refractivity contribution in [3.8, 4) is 11.8 Å². The number of ether oxygens (including phenoxy) is 4. The summed E-state index contributed by atoms with van der Waals surface area (Å²) in [6.45, 7) is 0.894. The van der Waals surface area contributed by atoms with Crippen LogP contribution in [0.3, 0.4) is 0 Å². The lowest BCUT2D eigenvalue weighted by Gasteiger charge is -2.15. The van der Waals surface area contributed by atoms with Gasteiger partial charge in [-0.3, -0.25) is 0 Å². The molecule has 3 N–H and O–H groups in total. The summed E-state index contributed by atoms with van der Waals surface area (Å²) < 4.78 is 37.8. The molecule has 3 aromatic rings. The molecule has 1 unspecified atom stereocenters. The molecule has 0 bridgehead atoms. The lowest BCUT2D eigenvalue weighted by molar-refractivity contribution is 0.00706. The molecule has 0 amide bonds. The number of hydrogen-bond donors (Lipinski definition) is 3. The van der Waals surface area contributed by atoms with Crippen molar-refractivity contribution in [2.75, 3.05) is 26.4 Å². The smallest absolute Gasteiger partial charge is 0.296 e. The van der Waals surface area contributed by atoms with E-state index in [0.717, 1.165) is 18.4 Å². The molecule has 36 heavy (non-hydrogen) atoms. The van der Waals surface area contributed by atoms with Crippen molar-refractivity contribution in [1.29, 1.82) is 0 Å². The van der Waals surface area contributed by atoms with E-state index in [1.54, 1.807) is 6.07 Å². The first kappa shape index (κ1) is 23.9. The van der Waals surface area contributed by atoms with Crippen molar-refractivity contribution in [2.24, 2.45) is 0 Å². The van der Waals surface area contributed by atoms with Gasteiger partial charge in [-0.25, -0.2) is 9.37 Å². The van der Waals surface area contributed by atoms with Gasteiger partial charge in [0.25, 0.3) is 6.01 Å². The van der Waals surface area contributed by atoms with E-state index in [-0.39, 0.29) is 37.1 Å². The van der Waals surface area contributed by atoms with Crippen LogP contribution in [0.25, 0.3) is 11.2 Å². The van der Waals surface area contributed by atoms with Crippen molar-refractivity contribution >= 4 is 22.8 Å². The fourth-order valence-corrected chi connectivity index (χ4v) is 5.61. The Labute approximate surface area is 211 Å². The summed E-state index contributed by atoms with van der Waals surface area (Å²) in [6, 6.07) is 5.33. The molecule has 9 nitrogen and oxygen atoms in total. The Morgan fingerprint density at radius 3 is 2.89 bits per heavy atom. The first-order valence-corrected chi connectivity index (χ1v) is 12.6. The Morgan fingerprint density at radius 2 is 2.03 bits per heavy atom. The second-order valence-corrected chi connectivity index (χ2v) is 9.90. The standard InChI is InChI=1S/C25H27ClFN3O6/c26-15-9-18-24(30-25(29-18)36-20-11-35-22-19(32)10-34-23(20)22)28-17(15)7-13-3-2-12-6-14(33-5-1-4-31)8-16(27)21(12)13/h6,8-9,13,19-20,22-23,31-32H,1-5,7,10-11H2,(H,28,29,30)/t13?,19-,20-,22-,23-/m1/s1. The summed E-state index contributed by atoms with van der Waals surface area (Å²) >= 11 is 6.56. The maximum atomic E-state index is 15.0. The van der Waals surface area contributed by atoms with Crippen LogP contribution in [0.1, 0.15) is 35.6 Å². The van der Waals surface area contributed by atoms with Gasteiger partial charge in [-0.05, 0) is 48.4 Å². The number of aryl methyl sites for hydroxylation is 1. The monoisotopic (exact) mass is 519 g/mol. The van der Waals surface area contributed by atoms with Gasteiger partial charge in [0.2, 0.25) is 0 Å². The van der Waals surface area contributed by atoms with Gasteiger partial charge >= 0.3 is 0 Å². The van der Waals surface area contributed by atoms with Crippen LogP contribution in [0.15, 0.2) is 18.2 Å². The van der Waals surface area contributed by atoms with Crippen LogP contribution in [0.5, 0.6) is 11.8 Å². The van der Waals surface area contributed by atoms with Gasteiger partial charge in [0.05, 0.1) is 36.1 Å². The number of imidazole rings is 1. The van der Waals surface area contributed by atoms with Crippen LogP contribution in [-0.2, 0) is 22.3 Å². The van der Waals surface area contributed by atoms with E-state index in [1.165, 1.54) is 6.07 Å². The number of nitrogens with zero attached hydrogens (tertiary/aromatic N) is 2. The molecule has 2 saturated heterocycles. The van der Waals surface area contributed by atoms with Crippen molar-refractivity contribution in [1.82, 2.24) is 15.0 Å². The Morgan fingerprint density at radius 1 is 1.17 bits per heavy atom. The molecule has 0 radical (unpaired) electrons. The summed E-state index contributed by atoms with van der Waals surface area (Å²) in [6.07, 6.45) is 0.731. The average Bonchev–Trinajstić information content (AvgIpc) is 3.61. The minimum Gasteiger partial charge on any atom is -0.493 e. The number of aromatic amines is 1. The molecule has 1 aromatic carbocycles. The fourth-order valence-electron chi connectivity index (χ4n) is 5.38. The molecule has 192 valence electrons. The Hall–Kier alpha value is -2.50. The normalized spacial score (nSPS) is 26.9. The van der Waals surface area contributed by atoms with E-state index in [1.807, 2.05) is 6.07 Å². The zero-order chi connectivity index (χ0) is 24.8. The first-order chi connectivity index (χ1) is 17.5. The number of rotatable bonds is 8. The predicted octanol–water partition coefficient (Wildman–Crippen LogP) is 2.69. The van der Waals surface area contributed by atoms with Crippen molar-refractivity contribution < 1.29 is 33.6 Å². The van der Waals surface area contributed by atoms with Crippen molar-refractivity contribution in [3.05, 3.63) is 45.9 Å². The van der Waals surface area contributed by atoms with Crippen LogP contribution >= 0.6 is 11.6 Å². The van der Waals surface area contributed by atoms with E-state index in [0.29, 0.717) is 59.2 Å². The zero-order valence-corrected chi connectivity index (χ0v) is 20.2. The molecule has 2 fully saturated rings. The van der Waals surface area contributed by atoms with Gasteiger partial charge in [-0.1, -0.05) is 11.6 Å². The third-order valence-corrected chi connectivity index (χ3v) is 7.42. The van der Waals surface area contributed by atoms with E-state index >= 15 is 4.39 Å². The van der Waals surface area contributed by atoms with Crippen LogP contribution in [0, 0.1) is 5.82 Å². The fraction of sp³-hybridized carbons (Fsp3) is 0.520. The van der Waals surface area contributed by atoms with Gasteiger partial charge in [0.15, 0.2) is 11.8 Å². The Kier molecular flexibility index (Phi) is 6.47. The third kappa shape index (κ3) is 4.41. The minimum atomic E-state index is -0.654. The summed E-state index contributed by atoms with van der Waals surface area (Å²) in [7, 11) is 0. The Bertz CT molecular complexity index is 1270. The second-order valence-electron chi connectivity index (χ2n) is 9.49. The number of aliphatic hydroxyl groups is 2. The molecule has 2 aromatic heterocycles.